The minimum absolute atomic E-state index is 0.0788. The molecule has 0 radical (unpaired) electrons. The Kier molecular flexibility index (Phi) is 4.46. The van der Waals surface area contributed by atoms with Crippen molar-refractivity contribution in [2.24, 2.45) is 0 Å². The minimum atomic E-state index is -0.160. The van der Waals surface area contributed by atoms with Crippen molar-refractivity contribution in [3.8, 4) is 0 Å². The fourth-order valence-corrected chi connectivity index (χ4v) is 3.06. The number of methoxy groups -OCH3 is 1. The summed E-state index contributed by atoms with van der Waals surface area (Å²) >= 11 is 0. The normalized spacial score (nSPS) is 22.9. The SMILES string of the molecule is COCc1nccc(NC2COCC2n2nc(C3CC3)ccc2=O)n1. The molecule has 1 saturated heterocycles. The maximum Gasteiger partial charge on any atom is 0.267 e. The average Bonchev–Trinajstić information content (AvgIpc) is 3.36. The van der Waals surface area contributed by atoms with Gasteiger partial charge in [0, 0.05) is 25.3 Å². The van der Waals surface area contributed by atoms with Crippen molar-refractivity contribution in [1.82, 2.24) is 19.7 Å². The number of anilines is 1. The third-order valence-corrected chi connectivity index (χ3v) is 4.52. The van der Waals surface area contributed by atoms with Crippen molar-refractivity contribution in [1.29, 1.82) is 0 Å². The van der Waals surface area contributed by atoms with Gasteiger partial charge in [-0.3, -0.25) is 4.79 Å². The lowest BCUT2D eigenvalue weighted by molar-refractivity contribution is 0.178. The smallest absolute Gasteiger partial charge is 0.267 e. The van der Waals surface area contributed by atoms with Gasteiger partial charge in [0.15, 0.2) is 5.82 Å². The maximum absolute atomic E-state index is 12.3. The van der Waals surface area contributed by atoms with Gasteiger partial charge < -0.3 is 14.8 Å². The van der Waals surface area contributed by atoms with E-state index >= 15 is 0 Å². The Morgan fingerprint density at radius 1 is 1.32 bits per heavy atom. The van der Waals surface area contributed by atoms with Crippen molar-refractivity contribution in [3.63, 3.8) is 0 Å². The molecule has 132 valence electrons. The lowest BCUT2D eigenvalue weighted by Crippen LogP contribution is -2.37. The number of hydrogen-bond donors (Lipinski definition) is 1. The summed E-state index contributed by atoms with van der Waals surface area (Å²) < 4.78 is 12.2. The second-order valence-corrected chi connectivity index (χ2v) is 6.46. The van der Waals surface area contributed by atoms with Crippen molar-refractivity contribution in [3.05, 3.63) is 46.3 Å². The number of rotatable bonds is 6. The first-order valence-electron chi connectivity index (χ1n) is 8.49. The number of hydrogen-bond acceptors (Lipinski definition) is 7. The van der Waals surface area contributed by atoms with Crippen molar-refractivity contribution < 1.29 is 9.47 Å². The van der Waals surface area contributed by atoms with Gasteiger partial charge in [0.1, 0.15) is 18.5 Å². The highest BCUT2D eigenvalue weighted by molar-refractivity contribution is 5.35. The van der Waals surface area contributed by atoms with Gasteiger partial charge in [-0.05, 0) is 25.0 Å². The van der Waals surface area contributed by atoms with Gasteiger partial charge in [-0.1, -0.05) is 0 Å². The number of nitrogens with one attached hydrogen (secondary N) is 1. The second kappa shape index (κ2) is 6.89. The van der Waals surface area contributed by atoms with Crippen LogP contribution < -0.4 is 10.9 Å². The molecule has 4 rings (SSSR count). The largest absolute Gasteiger partial charge is 0.377 e. The van der Waals surface area contributed by atoms with Crippen molar-refractivity contribution in [2.75, 3.05) is 25.6 Å². The van der Waals surface area contributed by atoms with E-state index in [1.165, 1.54) is 0 Å². The van der Waals surface area contributed by atoms with E-state index in [1.54, 1.807) is 30.1 Å². The number of nitrogens with zero attached hydrogens (tertiary/aromatic N) is 4. The molecule has 0 aromatic carbocycles. The molecule has 25 heavy (non-hydrogen) atoms. The molecule has 0 amide bonds. The summed E-state index contributed by atoms with van der Waals surface area (Å²) in [6.07, 6.45) is 3.99. The van der Waals surface area contributed by atoms with Crippen LogP contribution in [0.1, 0.15) is 36.3 Å². The zero-order chi connectivity index (χ0) is 17.2. The van der Waals surface area contributed by atoms with E-state index in [-0.39, 0.29) is 17.6 Å². The van der Waals surface area contributed by atoms with E-state index < -0.39 is 0 Å². The fourth-order valence-electron chi connectivity index (χ4n) is 3.06. The Balaban J connectivity index is 1.55. The summed E-state index contributed by atoms with van der Waals surface area (Å²) in [6, 6.07) is 5.01. The van der Waals surface area contributed by atoms with Gasteiger partial charge in [-0.2, -0.15) is 5.10 Å². The minimum Gasteiger partial charge on any atom is -0.377 e. The summed E-state index contributed by atoms with van der Waals surface area (Å²) in [5.74, 6) is 1.79. The molecule has 2 fully saturated rings. The van der Waals surface area contributed by atoms with E-state index in [0.29, 0.717) is 37.4 Å². The molecule has 2 aliphatic rings. The van der Waals surface area contributed by atoms with Crippen LogP contribution in [-0.2, 0) is 16.1 Å². The fraction of sp³-hybridized carbons (Fsp3) is 0.529. The summed E-state index contributed by atoms with van der Waals surface area (Å²) in [5, 5.41) is 7.93. The van der Waals surface area contributed by atoms with Crippen LogP contribution in [-0.4, -0.2) is 46.1 Å². The standard InChI is InChI=1S/C17H21N5O3/c1-24-10-16-18-7-6-15(20-16)19-13-8-25-9-14(13)22-17(23)5-4-12(21-22)11-2-3-11/h4-7,11,13-14H,2-3,8-10H2,1H3,(H,18,19,20). The molecule has 0 bridgehead atoms. The predicted octanol–water partition coefficient (Wildman–Crippen LogP) is 1.11. The Bertz CT molecular complexity index is 805. The van der Waals surface area contributed by atoms with E-state index in [2.05, 4.69) is 20.4 Å². The first kappa shape index (κ1) is 16.2. The van der Waals surface area contributed by atoms with Crippen LogP contribution in [0.3, 0.4) is 0 Å². The van der Waals surface area contributed by atoms with Gasteiger partial charge in [0.25, 0.3) is 5.56 Å². The molecule has 2 atom stereocenters. The van der Waals surface area contributed by atoms with Gasteiger partial charge >= 0.3 is 0 Å². The molecule has 2 aromatic rings. The molecule has 1 aliphatic heterocycles. The Morgan fingerprint density at radius 3 is 3.00 bits per heavy atom. The topological polar surface area (TPSA) is 91.2 Å². The maximum atomic E-state index is 12.3. The lowest BCUT2D eigenvalue weighted by Gasteiger charge is -2.21. The quantitative estimate of drug-likeness (QED) is 0.840. The van der Waals surface area contributed by atoms with Crippen LogP contribution in [0, 0.1) is 0 Å². The number of ether oxygens (including phenoxy) is 2. The van der Waals surface area contributed by atoms with E-state index in [9.17, 15) is 4.79 Å². The van der Waals surface area contributed by atoms with Gasteiger partial charge in [0.05, 0.1) is 24.9 Å². The van der Waals surface area contributed by atoms with E-state index in [4.69, 9.17) is 9.47 Å². The van der Waals surface area contributed by atoms with Gasteiger partial charge in [0.2, 0.25) is 0 Å². The molecule has 2 aromatic heterocycles. The number of aromatic nitrogens is 4. The third kappa shape index (κ3) is 3.54. The van der Waals surface area contributed by atoms with E-state index in [0.717, 1.165) is 18.5 Å². The highest BCUT2D eigenvalue weighted by atomic mass is 16.5. The zero-order valence-electron chi connectivity index (χ0n) is 14.1. The van der Waals surface area contributed by atoms with Gasteiger partial charge in [-0.15, -0.1) is 0 Å². The molecule has 0 spiro atoms. The first-order chi connectivity index (χ1) is 12.2. The Morgan fingerprint density at radius 2 is 2.20 bits per heavy atom. The monoisotopic (exact) mass is 343 g/mol. The zero-order valence-corrected chi connectivity index (χ0v) is 14.1. The molecular weight excluding hydrogens is 322 g/mol. The molecule has 1 N–H and O–H groups in total. The van der Waals surface area contributed by atoms with Crippen LogP contribution in [0.15, 0.2) is 29.2 Å². The van der Waals surface area contributed by atoms with Crippen LogP contribution in [0.4, 0.5) is 5.82 Å². The average molecular weight is 343 g/mol. The van der Waals surface area contributed by atoms with Crippen molar-refractivity contribution in [2.45, 2.75) is 37.5 Å². The summed E-state index contributed by atoms with van der Waals surface area (Å²) in [5.41, 5.74) is 0.893. The summed E-state index contributed by atoms with van der Waals surface area (Å²) in [7, 11) is 1.61. The summed E-state index contributed by atoms with van der Waals surface area (Å²) in [4.78, 5) is 20.9. The Labute approximate surface area is 145 Å². The second-order valence-electron chi connectivity index (χ2n) is 6.46. The predicted molar refractivity (Wildman–Crippen MR) is 90.5 cm³/mol. The van der Waals surface area contributed by atoms with Crippen LogP contribution in [0.2, 0.25) is 0 Å². The first-order valence-corrected chi connectivity index (χ1v) is 8.49. The van der Waals surface area contributed by atoms with Crippen LogP contribution in [0.5, 0.6) is 0 Å². The van der Waals surface area contributed by atoms with Crippen LogP contribution in [0.25, 0.3) is 0 Å². The highest BCUT2D eigenvalue weighted by Crippen LogP contribution is 2.38. The van der Waals surface area contributed by atoms with Gasteiger partial charge in [-0.25, -0.2) is 14.6 Å². The molecule has 2 unspecified atom stereocenters. The Hall–Kier alpha value is -2.32. The molecular formula is C17H21N5O3. The molecule has 3 heterocycles. The molecule has 8 heteroatoms. The van der Waals surface area contributed by atoms with Crippen LogP contribution >= 0.6 is 0 Å². The van der Waals surface area contributed by atoms with E-state index in [1.807, 2.05) is 6.07 Å². The lowest BCUT2D eigenvalue weighted by atomic mass is 10.1. The molecule has 1 saturated carbocycles. The highest BCUT2D eigenvalue weighted by Gasteiger charge is 2.33. The molecule has 8 nitrogen and oxygen atoms in total. The molecule has 1 aliphatic carbocycles. The van der Waals surface area contributed by atoms with Crippen molar-refractivity contribution >= 4 is 5.82 Å². The summed E-state index contributed by atoms with van der Waals surface area (Å²) in [6.45, 7) is 1.30. The third-order valence-electron chi connectivity index (χ3n) is 4.52.